The highest BCUT2D eigenvalue weighted by atomic mass is 19.4. The number of aromatic nitrogens is 3. The van der Waals surface area contributed by atoms with E-state index in [1.54, 1.807) is 0 Å². The molecule has 4 nitrogen and oxygen atoms in total. The Hall–Kier alpha value is -2.71. The second kappa shape index (κ2) is 6.72. The summed E-state index contributed by atoms with van der Waals surface area (Å²) in [6, 6.07) is 4.54. The fraction of sp³-hybridized carbons (Fsp3) is 0.368. The van der Waals surface area contributed by atoms with Crippen LogP contribution in [-0.4, -0.2) is 14.6 Å². The van der Waals surface area contributed by atoms with Crippen molar-refractivity contribution in [2.24, 2.45) is 5.92 Å². The highest BCUT2D eigenvalue weighted by Gasteiger charge is 2.39. The number of rotatable bonds is 5. The van der Waals surface area contributed by atoms with Crippen LogP contribution in [0.1, 0.15) is 42.8 Å². The summed E-state index contributed by atoms with van der Waals surface area (Å²) in [6.07, 6.45) is -1.83. The summed E-state index contributed by atoms with van der Waals surface area (Å²) in [5.74, 6) is -1.95. The van der Waals surface area contributed by atoms with Crippen molar-refractivity contribution < 1.29 is 26.7 Å². The number of fused-ring (bicyclic) bond motifs is 1. The van der Waals surface area contributed by atoms with Gasteiger partial charge < -0.3 is 4.74 Å². The number of ether oxygens (including phenoxy) is 1. The highest BCUT2D eigenvalue weighted by molar-refractivity contribution is 5.54. The van der Waals surface area contributed by atoms with Crippen molar-refractivity contribution in [1.82, 2.24) is 14.6 Å². The van der Waals surface area contributed by atoms with E-state index in [-0.39, 0.29) is 11.2 Å². The zero-order valence-electron chi connectivity index (χ0n) is 14.8. The molecule has 1 atom stereocenters. The lowest BCUT2D eigenvalue weighted by atomic mass is 10.0. The fourth-order valence-corrected chi connectivity index (χ4v) is 3.20. The molecule has 0 unspecified atom stereocenters. The van der Waals surface area contributed by atoms with Crippen molar-refractivity contribution in [3.63, 3.8) is 0 Å². The van der Waals surface area contributed by atoms with Crippen LogP contribution in [0.4, 0.5) is 22.0 Å². The maximum Gasteiger partial charge on any atom is 0.420 e. The van der Waals surface area contributed by atoms with Crippen LogP contribution in [0.2, 0.25) is 0 Å². The molecular formula is C19H16F5N3O. The van der Waals surface area contributed by atoms with Gasteiger partial charge in [-0.3, -0.25) is 4.40 Å². The first-order chi connectivity index (χ1) is 13.3. The molecular weight excluding hydrogens is 381 g/mol. The van der Waals surface area contributed by atoms with Gasteiger partial charge in [0, 0.05) is 18.2 Å². The number of nitrogens with zero attached hydrogens (tertiary/aromatic N) is 3. The van der Waals surface area contributed by atoms with Crippen LogP contribution in [0.5, 0.6) is 5.75 Å². The smallest absolute Gasteiger partial charge is 0.420 e. The van der Waals surface area contributed by atoms with Crippen molar-refractivity contribution in [1.29, 1.82) is 0 Å². The molecule has 0 amide bonds. The summed E-state index contributed by atoms with van der Waals surface area (Å²) in [7, 11) is 0. The Morgan fingerprint density at radius 3 is 2.61 bits per heavy atom. The Morgan fingerprint density at radius 2 is 1.93 bits per heavy atom. The third-order valence-corrected chi connectivity index (χ3v) is 4.79. The number of hydrogen-bond donors (Lipinski definition) is 0. The molecule has 4 rings (SSSR count). The molecule has 9 heteroatoms. The third kappa shape index (κ3) is 3.41. The molecule has 0 radical (unpaired) electrons. The van der Waals surface area contributed by atoms with E-state index < -0.39 is 35.2 Å². The second-order valence-corrected chi connectivity index (χ2v) is 6.91. The maximum absolute atomic E-state index is 13.8. The van der Waals surface area contributed by atoms with Crippen molar-refractivity contribution in [2.75, 3.05) is 0 Å². The molecule has 3 aromatic rings. The summed E-state index contributed by atoms with van der Waals surface area (Å²) in [6.45, 7) is 1.34. The van der Waals surface area contributed by atoms with E-state index >= 15 is 0 Å². The SMILES string of the molecule is C[C@H](Oc1cccc(F)c1F)c1ccn2c(CC3CC3)nnc2c1C(F)(F)F. The van der Waals surface area contributed by atoms with Gasteiger partial charge in [0.05, 0.1) is 0 Å². The summed E-state index contributed by atoms with van der Waals surface area (Å²) in [5.41, 5.74) is -1.54. The molecule has 0 saturated heterocycles. The van der Waals surface area contributed by atoms with Gasteiger partial charge in [-0.25, -0.2) is 4.39 Å². The summed E-state index contributed by atoms with van der Waals surface area (Å²) < 4.78 is 75.4. The second-order valence-electron chi connectivity index (χ2n) is 6.91. The Kier molecular flexibility index (Phi) is 4.47. The average molecular weight is 397 g/mol. The van der Waals surface area contributed by atoms with E-state index in [2.05, 4.69) is 10.2 Å². The average Bonchev–Trinajstić information content (AvgIpc) is 3.36. The van der Waals surface area contributed by atoms with Crippen LogP contribution in [0.3, 0.4) is 0 Å². The number of alkyl halides is 3. The van der Waals surface area contributed by atoms with Gasteiger partial charge in [0.1, 0.15) is 17.5 Å². The van der Waals surface area contributed by atoms with Gasteiger partial charge in [-0.1, -0.05) is 6.07 Å². The van der Waals surface area contributed by atoms with Gasteiger partial charge in [0.15, 0.2) is 17.2 Å². The molecule has 1 fully saturated rings. The van der Waals surface area contributed by atoms with E-state index in [0.29, 0.717) is 18.2 Å². The first-order valence-electron chi connectivity index (χ1n) is 8.80. The predicted molar refractivity (Wildman–Crippen MR) is 89.8 cm³/mol. The van der Waals surface area contributed by atoms with Gasteiger partial charge in [0.25, 0.3) is 0 Å². The predicted octanol–water partition coefficient (Wildman–Crippen LogP) is 5.12. The zero-order valence-corrected chi connectivity index (χ0v) is 14.8. The van der Waals surface area contributed by atoms with Crippen LogP contribution < -0.4 is 4.74 Å². The van der Waals surface area contributed by atoms with E-state index in [4.69, 9.17) is 4.74 Å². The lowest BCUT2D eigenvalue weighted by Crippen LogP contribution is -2.17. The normalized spacial score (nSPS) is 15.8. The minimum Gasteiger partial charge on any atom is -0.483 e. The standard InChI is InChI=1S/C19H16F5N3O/c1-10(28-14-4-2-3-13(20)17(14)21)12-7-8-27-15(9-11-5-6-11)25-26-18(27)16(12)19(22,23)24/h2-4,7-8,10-11H,5-6,9H2,1H3/t10-/m0/s1. The number of benzene rings is 1. The van der Waals surface area contributed by atoms with Crippen LogP contribution in [-0.2, 0) is 12.6 Å². The van der Waals surface area contributed by atoms with Gasteiger partial charge in [-0.15, -0.1) is 10.2 Å². The quantitative estimate of drug-likeness (QED) is 0.561. The van der Waals surface area contributed by atoms with Crippen LogP contribution in [0, 0.1) is 17.6 Å². The molecule has 1 aromatic carbocycles. The molecule has 0 aliphatic heterocycles. The van der Waals surface area contributed by atoms with Gasteiger partial charge in [0.2, 0.25) is 5.82 Å². The number of pyridine rings is 1. The van der Waals surface area contributed by atoms with E-state index in [0.717, 1.165) is 25.0 Å². The molecule has 0 N–H and O–H groups in total. The van der Waals surface area contributed by atoms with E-state index in [1.807, 2.05) is 0 Å². The van der Waals surface area contributed by atoms with Gasteiger partial charge >= 0.3 is 6.18 Å². The summed E-state index contributed by atoms with van der Waals surface area (Å²) in [5, 5.41) is 7.67. The fourth-order valence-electron chi connectivity index (χ4n) is 3.20. The van der Waals surface area contributed by atoms with Crippen LogP contribution in [0.25, 0.3) is 5.65 Å². The topological polar surface area (TPSA) is 39.4 Å². The van der Waals surface area contributed by atoms with Crippen LogP contribution in [0.15, 0.2) is 30.5 Å². The summed E-state index contributed by atoms with van der Waals surface area (Å²) in [4.78, 5) is 0. The molecule has 0 spiro atoms. The molecule has 1 saturated carbocycles. The Bertz CT molecular complexity index is 1030. The monoisotopic (exact) mass is 397 g/mol. The molecule has 28 heavy (non-hydrogen) atoms. The number of halogens is 5. The maximum atomic E-state index is 13.8. The van der Waals surface area contributed by atoms with Crippen LogP contribution >= 0.6 is 0 Å². The minimum absolute atomic E-state index is 0.228. The largest absolute Gasteiger partial charge is 0.483 e. The number of hydrogen-bond acceptors (Lipinski definition) is 3. The lowest BCUT2D eigenvalue weighted by molar-refractivity contribution is -0.138. The Labute approximate surface area is 157 Å². The van der Waals surface area contributed by atoms with E-state index in [9.17, 15) is 22.0 Å². The molecule has 1 aliphatic rings. The first kappa shape index (κ1) is 18.6. The molecule has 2 heterocycles. The Balaban J connectivity index is 1.76. The molecule has 148 valence electrons. The van der Waals surface area contributed by atoms with Crippen molar-refractivity contribution in [3.05, 3.63) is 59.0 Å². The first-order valence-corrected chi connectivity index (χ1v) is 8.80. The van der Waals surface area contributed by atoms with Crippen molar-refractivity contribution in [2.45, 2.75) is 38.5 Å². The molecule has 0 bridgehead atoms. The van der Waals surface area contributed by atoms with Crippen molar-refractivity contribution >= 4 is 5.65 Å². The Morgan fingerprint density at radius 1 is 1.18 bits per heavy atom. The van der Waals surface area contributed by atoms with Crippen molar-refractivity contribution in [3.8, 4) is 5.75 Å². The molecule has 2 aromatic heterocycles. The third-order valence-electron chi connectivity index (χ3n) is 4.79. The lowest BCUT2D eigenvalue weighted by Gasteiger charge is -2.20. The van der Waals surface area contributed by atoms with E-state index in [1.165, 1.54) is 29.7 Å². The van der Waals surface area contributed by atoms with Gasteiger partial charge in [-0.05, 0) is 43.9 Å². The minimum atomic E-state index is -4.72. The highest BCUT2D eigenvalue weighted by Crippen LogP contribution is 2.39. The zero-order chi connectivity index (χ0) is 20.1. The van der Waals surface area contributed by atoms with Gasteiger partial charge in [-0.2, -0.15) is 17.6 Å². The molecule has 1 aliphatic carbocycles. The summed E-state index contributed by atoms with van der Waals surface area (Å²) >= 11 is 0.